The highest BCUT2D eigenvalue weighted by atomic mass is 127. The molecule has 90 valence electrons. The first-order chi connectivity index (χ1) is 8.84. The van der Waals surface area contributed by atoms with Crippen molar-refractivity contribution in [1.29, 1.82) is 0 Å². The molecule has 0 aliphatic carbocycles. The van der Waals surface area contributed by atoms with Gasteiger partial charge in [-0.2, -0.15) is 0 Å². The average Bonchev–Trinajstić information content (AvgIpc) is 2.81. The fraction of sp³-hybridized carbons (Fsp3) is 0.0667. The Morgan fingerprint density at radius 3 is 2.67 bits per heavy atom. The third-order valence-corrected chi connectivity index (χ3v) is 4.68. The second kappa shape index (κ2) is 5.28. The summed E-state index contributed by atoms with van der Waals surface area (Å²) in [5.74, 6) is 0.952. The van der Waals surface area contributed by atoms with Crippen LogP contribution >= 0.6 is 33.9 Å². The molecule has 3 heteroatoms. The number of fused-ring (bicyclic) bond motifs is 1. The fourth-order valence-electron chi connectivity index (χ4n) is 1.86. The van der Waals surface area contributed by atoms with Gasteiger partial charge in [0, 0.05) is 10.3 Å². The summed E-state index contributed by atoms with van der Waals surface area (Å²) in [6, 6.07) is 16.5. The minimum Gasteiger partial charge on any atom is -0.488 e. The molecule has 0 spiro atoms. The summed E-state index contributed by atoms with van der Waals surface area (Å²) in [4.78, 5) is 0. The highest BCUT2D eigenvalue weighted by molar-refractivity contribution is 14.1. The lowest BCUT2D eigenvalue weighted by molar-refractivity contribution is 0.306. The van der Waals surface area contributed by atoms with Gasteiger partial charge in [0.25, 0.3) is 0 Å². The van der Waals surface area contributed by atoms with Crippen LogP contribution in [0.2, 0.25) is 0 Å². The standard InChI is InChI=1S/C15H11IOS/c16-13-6-2-3-7-14(13)17-9-11-10-18-15-8-4-1-5-12(11)15/h1-8,10H,9H2. The van der Waals surface area contributed by atoms with Crippen LogP contribution in [-0.2, 0) is 6.61 Å². The zero-order valence-corrected chi connectivity index (χ0v) is 12.6. The van der Waals surface area contributed by atoms with E-state index in [1.54, 1.807) is 11.3 Å². The van der Waals surface area contributed by atoms with Crippen molar-refractivity contribution in [2.75, 3.05) is 0 Å². The molecule has 18 heavy (non-hydrogen) atoms. The van der Waals surface area contributed by atoms with Gasteiger partial charge >= 0.3 is 0 Å². The van der Waals surface area contributed by atoms with E-state index in [0.29, 0.717) is 6.61 Å². The molecule has 0 saturated carbocycles. The van der Waals surface area contributed by atoms with Crippen LogP contribution in [0.5, 0.6) is 5.75 Å². The highest BCUT2D eigenvalue weighted by Crippen LogP contribution is 2.27. The molecule has 0 unspecified atom stereocenters. The number of rotatable bonds is 3. The van der Waals surface area contributed by atoms with Gasteiger partial charge in [0.15, 0.2) is 0 Å². The third-order valence-electron chi connectivity index (χ3n) is 2.78. The SMILES string of the molecule is Ic1ccccc1OCc1csc2ccccc12. The topological polar surface area (TPSA) is 9.23 Å². The zero-order valence-electron chi connectivity index (χ0n) is 9.60. The van der Waals surface area contributed by atoms with Crippen molar-refractivity contribution in [2.45, 2.75) is 6.61 Å². The first kappa shape index (κ1) is 12.0. The number of thiophene rings is 1. The van der Waals surface area contributed by atoms with Gasteiger partial charge in [-0.15, -0.1) is 11.3 Å². The maximum Gasteiger partial charge on any atom is 0.133 e. The maximum absolute atomic E-state index is 5.89. The van der Waals surface area contributed by atoms with Gasteiger partial charge in [0.1, 0.15) is 12.4 Å². The number of hydrogen-bond acceptors (Lipinski definition) is 2. The molecule has 0 fully saturated rings. The van der Waals surface area contributed by atoms with Crippen LogP contribution in [0.4, 0.5) is 0 Å². The molecule has 1 heterocycles. The number of ether oxygens (including phenoxy) is 1. The van der Waals surface area contributed by atoms with Gasteiger partial charge in [0.05, 0.1) is 3.57 Å². The number of para-hydroxylation sites is 1. The Bertz CT molecular complexity index is 675. The molecule has 0 atom stereocenters. The molecule has 0 bridgehead atoms. The lowest BCUT2D eigenvalue weighted by Crippen LogP contribution is -1.95. The molecule has 1 nitrogen and oxygen atoms in total. The molecule has 0 saturated heterocycles. The van der Waals surface area contributed by atoms with E-state index in [1.807, 2.05) is 18.2 Å². The number of halogens is 1. The van der Waals surface area contributed by atoms with Gasteiger partial charge in [-0.3, -0.25) is 0 Å². The Kier molecular flexibility index (Phi) is 3.52. The smallest absolute Gasteiger partial charge is 0.133 e. The van der Waals surface area contributed by atoms with E-state index in [2.05, 4.69) is 58.3 Å². The molecular weight excluding hydrogens is 355 g/mol. The van der Waals surface area contributed by atoms with E-state index >= 15 is 0 Å². The van der Waals surface area contributed by atoms with Crippen molar-refractivity contribution in [2.24, 2.45) is 0 Å². The number of hydrogen-bond donors (Lipinski definition) is 0. The number of benzene rings is 2. The van der Waals surface area contributed by atoms with Crippen molar-refractivity contribution >= 4 is 44.0 Å². The van der Waals surface area contributed by atoms with Crippen molar-refractivity contribution < 1.29 is 4.74 Å². The van der Waals surface area contributed by atoms with Crippen LogP contribution in [0.25, 0.3) is 10.1 Å². The van der Waals surface area contributed by atoms with Crippen LogP contribution in [0, 0.1) is 3.57 Å². The van der Waals surface area contributed by atoms with Crippen LogP contribution < -0.4 is 4.74 Å². The van der Waals surface area contributed by atoms with Gasteiger partial charge in [-0.25, -0.2) is 0 Å². The quantitative estimate of drug-likeness (QED) is 0.587. The second-order valence-electron chi connectivity index (χ2n) is 3.98. The Labute approximate surface area is 124 Å². The second-order valence-corrected chi connectivity index (χ2v) is 6.05. The Morgan fingerprint density at radius 2 is 1.78 bits per heavy atom. The summed E-state index contributed by atoms with van der Waals surface area (Å²) in [5.41, 5.74) is 1.26. The molecule has 0 amide bonds. The summed E-state index contributed by atoms with van der Waals surface area (Å²) in [7, 11) is 0. The summed E-state index contributed by atoms with van der Waals surface area (Å²) < 4.78 is 8.35. The van der Waals surface area contributed by atoms with E-state index in [-0.39, 0.29) is 0 Å². The molecule has 0 aliphatic rings. The lowest BCUT2D eigenvalue weighted by atomic mass is 10.2. The van der Waals surface area contributed by atoms with E-state index in [0.717, 1.165) is 9.32 Å². The highest BCUT2D eigenvalue weighted by Gasteiger charge is 2.05. The molecule has 0 aliphatic heterocycles. The largest absolute Gasteiger partial charge is 0.488 e. The molecule has 2 aromatic carbocycles. The fourth-order valence-corrected chi connectivity index (χ4v) is 3.35. The minimum atomic E-state index is 0.629. The summed E-state index contributed by atoms with van der Waals surface area (Å²) in [5, 5.41) is 3.48. The van der Waals surface area contributed by atoms with E-state index in [4.69, 9.17) is 4.74 Å². The normalized spacial score (nSPS) is 10.7. The Morgan fingerprint density at radius 1 is 1.00 bits per heavy atom. The van der Waals surface area contributed by atoms with Crippen LogP contribution in [0.1, 0.15) is 5.56 Å². The van der Waals surface area contributed by atoms with Gasteiger partial charge in [0.2, 0.25) is 0 Å². The molecule has 3 aromatic rings. The van der Waals surface area contributed by atoms with Gasteiger partial charge in [-0.1, -0.05) is 30.3 Å². The van der Waals surface area contributed by atoms with Gasteiger partial charge < -0.3 is 4.74 Å². The molecule has 0 radical (unpaired) electrons. The van der Waals surface area contributed by atoms with Crippen LogP contribution in [-0.4, -0.2) is 0 Å². The average molecular weight is 366 g/mol. The van der Waals surface area contributed by atoms with E-state index in [1.165, 1.54) is 15.6 Å². The van der Waals surface area contributed by atoms with Crippen molar-refractivity contribution in [3.63, 3.8) is 0 Å². The van der Waals surface area contributed by atoms with Crippen LogP contribution in [0.3, 0.4) is 0 Å². The minimum absolute atomic E-state index is 0.629. The molecule has 0 N–H and O–H groups in total. The summed E-state index contributed by atoms with van der Waals surface area (Å²) in [6.07, 6.45) is 0. The Hall–Kier alpha value is -1.07. The van der Waals surface area contributed by atoms with Crippen molar-refractivity contribution in [3.05, 3.63) is 63.0 Å². The van der Waals surface area contributed by atoms with Crippen LogP contribution in [0.15, 0.2) is 53.9 Å². The first-order valence-corrected chi connectivity index (χ1v) is 7.63. The summed E-state index contributed by atoms with van der Waals surface area (Å²) in [6.45, 7) is 0.629. The van der Waals surface area contributed by atoms with Gasteiger partial charge in [-0.05, 0) is 51.6 Å². The summed E-state index contributed by atoms with van der Waals surface area (Å²) >= 11 is 4.07. The van der Waals surface area contributed by atoms with Crippen molar-refractivity contribution in [1.82, 2.24) is 0 Å². The van der Waals surface area contributed by atoms with E-state index < -0.39 is 0 Å². The maximum atomic E-state index is 5.89. The monoisotopic (exact) mass is 366 g/mol. The molecular formula is C15H11IOS. The predicted molar refractivity (Wildman–Crippen MR) is 85.3 cm³/mol. The zero-order chi connectivity index (χ0) is 12.4. The molecule has 1 aromatic heterocycles. The molecule has 3 rings (SSSR count). The predicted octanol–water partition coefficient (Wildman–Crippen LogP) is 5.08. The van der Waals surface area contributed by atoms with E-state index in [9.17, 15) is 0 Å². The van der Waals surface area contributed by atoms with Crippen molar-refractivity contribution in [3.8, 4) is 5.75 Å². The third kappa shape index (κ3) is 2.37. The lowest BCUT2D eigenvalue weighted by Gasteiger charge is -2.07. The Balaban J connectivity index is 1.83. The first-order valence-electron chi connectivity index (χ1n) is 5.67.